The van der Waals surface area contributed by atoms with Gasteiger partial charge in [0.25, 0.3) is 5.91 Å². The highest BCUT2D eigenvalue weighted by Crippen LogP contribution is 2.28. The molecule has 1 aliphatic rings. The van der Waals surface area contributed by atoms with Crippen molar-refractivity contribution < 1.29 is 19.1 Å². The van der Waals surface area contributed by atoms with Gasteiger partial charge in [0, 0.05) is 30.2 Å². The Morgan fingerprint density at radius 2 is 1.78 bits per heavy atom. The molecule has 0 spiro atoms. The summed E-state index contributed by atoms with van der Waals surface area (Å²) >= 11 is 8.94. The SMILES string of the molecule is COc1ccc(N2C(=O)[C@H](CC(=O)Nc3ccc(Br)cc3)N(CCNC(C)=O)C2=S)cc1. The smallest absolute Gasteiger partial charge is 0.256 e. The Morgan fingerprint density at radius 3 is 2.38 bits per heavy atom. The Balaban J connectivity index is 1.79. The average Bonchev–Trinajstić information content (AvgIpc) is 2.99. The second-order valence-corrected chi connectivity index (χ2v) is 8.39. The molecule has 0 saturated carbocycles. The lowest BCUT2D eigenvalue weighted by Gasteiger charge is -2.24. The van der Waals surface area contributed by atoms with Gasteiger partial charge in [0.15, 0.2) is 5.11 Å². The van der Waals surface area contributed by atoms with Crippen molar-refractivity contribution in [3.05, 3.63) is 53.0 Å². The quantitative estimate of drug-likeness (QED) is 0.522. The van der Waals surface area contributed by atoms with E-state index < -0.39 is 6.04 Å². The van der Waals surface area contributed by atoms with Crippen LogP contribution in [0.2, 0.25) is 0 Å². The van der Waals surface area contributed by atoms with Crippen molar-refractivity contribution >= 4 is 62.4 Å². The first-order valence-corrected chi connectivity index (χ1v) is 11.1. The van der Waals surface area contributed by atoms with E-state index >= 15 is 0 Å². The Bertz CT molecular complexity index is 1010. The fraction of sp³-hybridized carbons (Fsp3) is 0.273. The fourth-order valence-corrected chi connectivity index (χ4v) is 4.01. The van der Waals surface area contributed by atoms with Crippen LogP contribution in [0.15, 0.2) is 53.0 Å². The van der Waals surface area contributed by atoms with Crippen LogP contribution < -0.4 is 20.3 Å². The van der Waals surface area contributed by atoms with Gasteiger partial charge in [-0.2, -0.15) is 0 Å². The second-order valence-electron chi connectivity index (χ2n) is 7.11. The molecule has 1 aliphatic heterocycles. The molecule has 2 aromatic carbocycles. The van der Waals surface area contributed by atoms with Crippen LogP contribution >= 0.6 is 28.1 Å². The largest absolute Gasteiger partial charge is 0.497 e. The summed E-state index contributed by atoms with van der Waals surface area (Å²) in [7, 11) is 1.56. The van der Waals surface area contributed by atoms with E-state index in [9.17, 15) is 14.4 Å². The Labute approximate surface area is 200 Å². The number of hydrogen-bond donors (Lipinski definition) is 2. The molecule has 0 aliphatic carbocycles. The topological polar surface area (TPSA) is 91.0 Å². The number of hydrogen-bond acceptors (Lipinski definition) is 5. The van der Waals surface area contributed by atoms with Crippen LogP contribution in [0.3, 0.4) is 0 Å². The van der Waals surface area contributed by atoms with Gasteiger partial charge in [-0.25, -0.2) is 0 Å². The first-order chi connectivity index (χ1) is 15.3. The van der Waals surface area contributed by atoms with Gasteiger partial charge in [-0.15, -0.1) is 0 Å². The van der Waals surface area contributed by atoms with Crippen molar-refractivity contribution in [1.82, 2.24) is 10.2 Å². The summed E-state index contributed by atoms with van der Waals surface area (Å²) in [4.78, 5) is 40.4. The van der Waals surface area contributed by atoms with Crippen LogP contribution in [-0.4, -0.2) is 54.0 Å². The zero-order valence-electron chi connectivity index (χ0n) is 17.6. The number of carbonyl (C=O) groups is 3. The highest BCUT2D eigenvalue weighted by molar-refractivity contribution is 9.10. The summed E-state index contributed by atoms with van der Waals surface area (Å²) in [6.07, 6.45) is -0.0816. The number of carbonyl (C=O) groups excluding carboxylic acids is 3. The van der Waals surface area contributed by atoms with E-state index in [1.807, 2.05) is 12.1 Å². The lowest BCUT2D eigenvalue weighted by Crippen LogP contribution is -2.42. The molecule has 168 valence electrons. The number of ether oxygens (including phenoxy) is 1. The van der Waals surface area contributed by atoms with Crippen LogP contribution in [0.4, 0.5) is 11.4 Å². The highest BCUT2D eigenvalue weighted by atomic mass is 79.9. The normalized spacial score (nSPS) is 15.7. The molecule has 10 heteroatoms. The minimum atomic E-state index is -0.784. The Kier molecular flexibility index (Phi) is 7.81. The third kappa shape index (κ3) is 5.63. The minimum Gasteiger partial charge on any atom is -0.497 e. The van der Waals surface area contributed by atoms with E-state index in [0.29, 0.717) is 30.2 Å². The molecular weight excluding hydrogens is 496 g/mol. The van der Waals surface area contributed by atoms with Gasteiger partial charge in [-0.05, 0) is 60.7 Å². The molecule has 1 heterocycles. The molecule has 1 saturated heterocycles. The number of rotatable bonds is 8. The van der Waals surface area contributed by atoms with Crippen LogP contribution in [0.1, 0.15) is 13.3 Å². The number of amides is 3. The van der Waals surface area contributed by atoms with Crippen molar-refractivity contribution in [1.29, 1.82) is 0 Å². The van der Waals surface area contributed by atoms with E-state index in [2.05, 4.69) is 26.6 Å². The molecular formula is C22H23BrN4O4S. The first kappa shape index (κ1) is 23.7. The monoisotopic (exact) mass is 518 g/mol. The number of nitrogens with one attached hydrogen (secondary N) is 2. The number of thiocarbonyl (C=S) groups is 1. The third-order valence-electron chi connectivity index (χ3n) is 4.88. The average molecular weight is 519 g/mol. The van der Waals surface area contributed by atoms with Crippen LogP contribution in [0.5, 0.6) is 5.75 Å². The van der Waals surface area contributed by atoms with E-state index in [0.717, 1.165) is 4.47 Å². The molecule has 0 unspecified atom stereocenters. The highest BCUT2D eigenvalue weighted by Gasteiger charge is 2.43. The predicted octanol–water partition coefficient (Wildman–Crippen LogP) is 2.92. The maximum Gasteiger partial charge on any atom is 0.256 e. The van der Waals surface area contributed by atoms with Gasteiger partial charge in [0.2, 0.25) is 11.8 Å². The van der Waals surface area contributed by atoms with Gasteiger partial charge in [-0.3, -0.25) is 19.3 Å². The lowest BCUT2D eigenvalue weighted by molar-refractivity contribution is -0.124. The summed E-state index contributed by atoms with van der Waals surface area (Å²) in [6.45, 7) is 2.01. The van der Waals surface area contributed by atoms with Gasteiger partial charge >= 0.3 is 0 Å². The first-order valence-electron chi connectivity index (χ1n) is 9.88. The molecule has 2 N–H and O–H groups in total. The molecule has 0 bridgehead atoms. The maximum absolute atomic E-state index is 13.3. The zero-order chi connectivity index (χ0) is 23.3. The van der Waals surface area contributed by atoms with Crippen molar-refractivity contribution in [2.24, 2.45) is 0 Å². The molecule has 3 rings (SSSR count). The van der Waals surface area contributed by atoms with Crippen molar-refractivity contribution in [2.45, 2.75) is 19.4 Å². The van der Waals surface area contributed by atoms with E-state index in [1.165, 1.54) is 11.8 Å². The fourth-order valence-electron chi connectivity index (χ4n) is 3.33. The van der Waals surface area contributed by atoms with Gasteiger partial charge in [-0.1, -0.05) is 15.9 Å². The van der Waals surface area contributed by atoms with E-state index in [1.54, 1.807) is 48.4 Å². The molecule has 32 heavy (non-hydrogen) atoms. The summed E-state index contributed by atoms with van der Waals surface area (Å²) < 4.78 is 6.07. The molecule has 0 radical (unpaired) electrons. The van der Waals surface area contributed by atoms with Gasteiger partial charge in [0.05, 0.1) is 19.2 Å². The standard InChI is InChI=1S/C22H23BrN4O4S/c1-14(28)24-11-12-26-19(13-20(29)25-16-5-3-15(23)4-6-16)21(30)27(22(26)32)17-7-9-18(31-2)10-8-17/h3-10,19H,11-13H2,1-2H3,(H,24,28)(H,25,29)/t19-/m0/s1. The summed E-state index contributed by atoms with van der Waals surface area (Å²) in [5.41, 5.74) is 1.21. The van der Waals surface area contributed by atoms with Crippen molar-refractivity contribution in [3.8, 4) is 5.75 Å². The van der Waals surface area contributed by atoms with Crippen molar-refractivity contribution in [3.63, 3.8) is 0 Å². The van der Waals surface area contributed by atoms with Gasteiger partial charge < -0.3 is 20.3 Å². The summed E-state index contributed by atoms with van der Waals surface area (Å²) in [6, 6.07) is 13.3. The molecule has 1 atom stereocenters. The molecule has 8 nitrogen and oxygen atoms in total. The van der Waals surface area contributed by atoms with Crippen LogP contribution in [-0.2, 0) is 14.4 Å². The number of benzene rings is 2. The van der Waals surface area contributed by atoms with Gasteiger partial charge in [0.1, 0.15) is 11.8 Å². The summed E-state index contributed by atoms with van der Waals surface area (Å²) in [5, 5.41) is 5.80. The van der Waals surface area contributed by atoms with E-state index in [-0.39, 0.29) is 29.3 Å². The summed E-state index contributed by atoms with van der Waals surface area (Å²) in [5.74, 6) is -0.138. The van der Waals surface area contributed by atoms with Crippen LogP contribution in [0, 0.1) is 0 Å². The Hall–Kier alpha value is -2.98. The van der Waals surface area contributed by atoms with Crippen LogP contribution in [0.25, 0.3) is 0 Å². The lowest BCUT2D eigenvalue weighted by atomic mass is 10.1. The Morgan fingerprint density at radius 1 is 1.12 bits per heavy atom. The predicted molar refractivity (Wildman–Crippen MR) is 130 cm³/mol. The molecule has 1 fully saturated rings. The molecule has 2 aromatic rings. The number of methoxy groups -OCH3 is 1. The van der Waals surface area contributed by atoms with E-state index in [4.69, 9.17) is 17.0 Å². The third-order valence-corrected chi connectivity index (χ3v) is 5.83. The molecule has 0 aromatic heterocycles. The number of anilines is 2. The zero-order valence-corrected chi connectivity index (χ0v) is 20.0. The van der Waals surface area contributed by atoms with Crippen molar-refractivity contribution in [2.75, 3.05) is 30.4 Å². The second kappa shape index (κ2) is 10.6. The number of halogens is 1. The minimum absolute atomic E-state index is 0.0816. The molecule has 3 amide bonds. The number of nitrogens with zero attached hydrogens (tertiary/aromatic N) is 2. The maximum atomic E-state index is 13.3.